The maximum absolute atomic E-state index is 12.5. The van der Waals surface area contributed by atoms with Gasteiger partial charge in [-0.1, -0.05) is 17.7 Å². The van der Waals surface area contributed by atoms with Crippen LogP contribution in [0.1, 0.15) is 21.5 Å². The number of fused-ring (bicyclic) bond motifs is 1. The van der Waals surface area contributed by atoms with Gasteiger partial charge in [0.15, 0.2) is 0 Å². The second-order valence-corrected chi connectivity index (χ2v) is 5.35. The summed E-state index contributed by atoms with van der Waals surface area (Å²) in [6, 6.07) is 6.77. The van der Waals surface area contributed by atoms with Gasteiger partial charge in [0, 0.05) is 18.6 Å². The number of carbonyl (C=O) groups is 1. The van der Waals surface area contributed by atoms with Gasteiger partial charge in [-0.25, -0.2) is 10.4 Å². The van der Waals surface area contributed by atoms with E-state index in [-0.39, 0.29) is 16.3 Å². The average molecular weight is 342 g/mol. The van der Waals surface area contributed by atoms with Gasteiger partial charge in [-0.15, -0.1) is 0 Å². The molecular formula is C16H12ClN5O2. The third-order valence-electron chi connectivity index (χ3n) is 3.24. The van der Waals surface area contributed by atoms with Crippen molar-refractivity contribution in [1.82, 2.24) is 19.8 Å². The molecular weight excluding hydrogens is 330 g/mol. The second-order valence-electron chi connectivity index (χ2n) is 5.00. The molecule has 0 saturated heterocycles. The molecule has 24 heavy (non-hydrogen) atoms. The molecule has 3 aromatic heterocycles. The van der Waals surface area contributed by atoms with Crippen molar-refractivity contribution in [3.63, 3.8) is 0 Å². The third kappa shape index (κ3) is 3.16. The molecule has 0 aliphatic rings. The number of amides is 1. The number of halogens is 1. The van der Waals surface area contributed by atoms with Crippen LogP contribution >= 0.6 is 11.6 Å². The lowest BCUT2D eigenvalue weighted by atomic mass is 10.3. The minimum absolute atomic E-state index is 0.0169. The number of carbonyl (C=O) groups excluding carboxylic acids is 1. The number of hydrogen-bond donors (Lipinski definition) is 1. The maximum Gasteiger partial charge on any atom is 0.272 e. The zero-order valence-corrected chi connectivity index (χ0v) is 13.4. The van der Waals surface area contributed by atoms with Gasteiger partial charge in [0.25, 0.3) is 11.5 Å². The molecule has 1 N–H and O–H groups in total. The zero-order chi connectivity index (χ0) is 17.1. The highest BCUT2D eigenvalue weighted by molar-refractivity contribution is 6.32. The van der Waals surface area contributed by atoms with Gasteiger partial charge < -0.3 is 0 Å². The minimum atomic E-state index is -0.444. The Kier molecular flexibility index (Phi) is 4.35. The van der Waals surface area contributed by atoms with Crippen LogP contribution in [0, 0.1) is 6.92 Å². The van der Waals surface area contributed by atoms with Crippen LogP contribution in [0.25, 0.3) is 5.65 Å². The summed E-state index contributed by atoms with van der Waals surface area (Å²) < 4.78 is 1.38. The molecule has 0 bridgehead atoms. The SMILES string of the molecule is Cc1ccc2nc(Cl)c(/C=N\NC(=O)c3cccnc3)c(=O)n2c1. The Labute approximate surface area is 141 Å². The smallest absolute Gasteiger partial charge is 0.268 e. The summed E-state index contributed by atoms with van der Waals surface area (Å²) in [7, 11) is 0. The van der Waals surface area contributed by atoms with Crippen LogP contribution in [0.2, 0.25) is 5.15 Å². The van der Waals surface area contributed by atoms with E-state index in [9.17, 15) is 9.59 Å². The first-order chi connectivity index (χ1) is 11.6. The number of rotatable bonds is 3. The molecule has 0 saturated carbocycles. The van der Waals surface area contributed by atoms with Crippen molar-refractivity contribution in [2.45, 2.75) is 6.92 Å². The fourth-order valence-electron chi connectivity index (χ4n) is 2.06. The predicted octanol–water partition coefficient (Wildman–Crippen LogP) is 1.82. The number of nitrogens with zero attached hydrogens (tertiary/aromatic N) is 4. The molecule has 0 aliphatic carbocycles. The van der Waals surface area contributed by atoms with Crippen LogP contribution in [0.3, 0.4) is 0 Å². The number of aromatic nitrogens is 3. The largest absolute Gasteiger partial charge is 0.272 e. The van der Waals surface area contributed by atoms with E-state index in [1.165, 1.54) is 16.8 Å². The minimum Gasteiger partial charge on any atom is -0.268 e. The Bertz CT molecular complexity index is 999. The lowest BCUT2D eigenvalue weighted by molar-refractivity contribution is 0.0955. The van der Waals surface area contributed by atoms with Gasteiger partial charge in [0.05, 0.1) is 17.3 Å². The molecule has 3 heterocycles. The highest BCUT2D eigenvalue weighted by Crippen LogP contribution is 2.10. The third-order valence-corrected chi connectivity index (χ3v) is 3.53. The lowest BCUT2D eigenvalue weighted by Crippen LogP contribution is -2.22. The summed E-state index contributed by atoms with van der Waals surface area (Å²) in [6.07, 6.45) is 5.81. The molecule has 7 nitrogen and oxygen atoms in total. The first kappa shape index (κ1) is 15.8. The monoisotopic (exact) mass is 341 g/mol. The van der Waals surface area contributed by atoms with Crippen LogP contribution in [-0.4, -0.2) is 26.5 Å². The van der Waals surface area contributed by atoms with Gasteiger partial charge in [-0.3, -0.25) is 19.0 Å². The molecule has 8 heteroatoms. The topological polar surface area (TPSA) is 88.7 Å². The second kappa shape index (κ2) is 6.59. The fourth-order valence-corrected chi connectivity index (χ4v) is 2.27. The Morgan fingerprint density at radius 2 is 2.21 bits per heavy atom. The molecule has 3 rings (SSSR count). The van der Waals surface area contributed by atoms with Gasteiger partial charge in [0.1, 0.15) is 10.8 Å². The summed E-state index contributed by atoms with van der Waals surface area (Å²) in [5, 5.41) is 3.80. The van der Waals surface area contributed by atoms with Crippen molar-refractivity contribution in [1.29, 1.82) is 0 Å². The summed E-state index contributed by atoms with van der Waals surface area (Å²) in [4.78, 5) is 32.3. The highest BCUT2D eigenvalue weighted by atomic mass is 35.5. The number of pyridine rings is 2. The van der Waals surface area contributed by atoms with Crippen LogP contribution in [0.15, 0.2) is 52.8 Å². The van der Waals surface area contributed by atoms with Crippen molar-refractivity contribution < 1.29 is 4.79 Å². The lowest BCUT2D eigenvalue weighted by Gasteiger charge is -2.04. The molecule has 0 unspecified atom stereocenters. The van der Waals surface area contributed by atoms with Gasteiger partial charge >= 0.3 is 0 Å². The van der Waals surface area contributed by atoms with Crippen molar-refractivity contribution in [2.24, 2.45) is 5.10 Å². The maximum atomic E-state index is 12.5. The summed E-state index contributed by atoms with van der Waals surface area (Å²) in [6.45, 7) is 1.86. The van der Waals surface area contributed by atoms with Crippen molar-refractivity contribution in [3.8, 4) is 0 Å². The van der Waals surface area contributed by atoms with Gasteiger partial charge in [-0.05, 0) is 30.7 Å². The quantitative estimate of drug-likeness (QED) is 0.447. The Morgan fingerprint density at radius 3 is 2.96 bits per heavy atom. The van der Waals surface area contributed by atoms with Crippen LogP contribution in [-0.2, 0) is 0 Å². The van der Waals surface area contributed by atoms with E-state index in [1.807, 2.05) is 13.0 Å². The molecule has 0 fully saturated rings. The van der Waals surface area contributed by atoms with E-state index < -0.39 is 5.91 Å². The van der Waals surface area contributed by atoms with Gasteiger partial charge in [-0.2, -0.15) is 5.10 Å². The fraction of sp³-hybridized carbons (Fsp3) is 0.0625. The number of nitrogens with one attached hydrogen (secondary N) is 1. The van der Waals surface area contributed by atoms with Crippen molar-refractivity contribution in [2.75, 3.05) is 0 Å². The highest BCUT2D eigenvalue weighted by Gasteiger charge is 2.10. The van der Waals surface area contributed by atoms with E-state index in [2.05, 4.69) is 20.5 Å². The van der Waals surface area contributed by atoms with E-state index in [0.717, 1.165) is 5.56 Å². The Morgan fingerprint density at radius 1 is 1.38 bits per heavy atom. The van der Waals surface area contributed by atoms with Crippen LogP contribution in [0.5, 0.6) is 0 Å². The molecule has 0 aliphatic heterocycles. The molecule has 3 aromatic rings. The predicted molar refractivity (Wildman–Crippen MR) is 90.5 cm³/mol. The standard InChI is InChI=1S/C16H12ClN5O2/c1-10-4-5-13-20-14(17)12(16(24)22(13)9-10)8-19-21-15(23)11-3-2-6-18-7-11/h2-9H,1H3,(H,21,23)/b19-8-. The zero-order valence-electron chi connectivity index (χ0n) is 12.6. The van der Waals surface area contributed by atoms with E-state index in [1.54, 1.807) is 30.6 Å². The first-order valence-electron chi connectivity index (χ1n) is 6.98. The first-order valence-corrected chi connectivity index (χ1v) is 7.36. The van der Waals surface area contributed by atoms with E-state index >= 15 is 0 Å². The molecule has 1 amide bonds. The summed E-state index contributed by atoms with van der Waals surface area (Å²) >= 11 is 6.04. The number of hydrazone groups is 1. The number of aryl methyl sites for hydroxylation is 1. The Balaban J connectivity index is 1.90. The molecule has 0 radical (unpaired) electrons. The molecule has 0 atom stereocenters. The normalized spacial score (nSPS) is 11.1. The van der Waals surface area contributed by atoms with E-state index in [0.29, 0.717) is 11.2 Å². The Hall–Kier alpha value is -3.06. The average Bonchev–Trinajstić information content (AvgIpc) is 2.59. The summed E-state index contributed by atoms with van der Waals surface area (Å²) in [5.41, 5.74) is 3.73. The molecule has 120 valence electrons. The van der Waals surface area contributed by atoms with Crippen molar-refractivity contribution >= 4 is 29.4 Å². The van der Waals surface area contributed by atoms with Crippen molar-refractivity contribution in [3.05, 3.63) is 75.1 Å². The number of hydrogen-bond acceptors (Lipinski definition) is 5. The molecule has 0 spiro atoms. The van der Waals surface area contributed by atoms with Gasteiger partial charge in [0.2, 0.25) is 0 Å². The van der Waals surface area contributed by atoms with E-state index in [4.69, 9.17) is 11.6 Å². The van der Waals surface area contributed by atoms with Crippen LogP contribution < -0.4 is 11.0 Å². The summed E-state index contributed by atoms with van der Waals surface area (Å²) in [5.74, 6) is -0.444. The van der Waals surface area contributed by atoms with Crippen LogP contribution in [0.4, 0.5) is 0 Å². The molecule has 0 aromatic carbocycles.